The lowest BCUT2D eigenvalue weighted by Gasteiger charge is -2.14. The molecular weight excluding hydrogens is 446 g/mol. The summed E-state index contributed by atoms with van der Waals surface area (Å²) < 4.78 is 36.4. The highest BCUT2D eigenvalue weighted by atomic mass is 19.1. The van der Waals surface area contributed by atoms with Gasteiger partial charge in [0, 0.05) is 26.2 Å². The van der Waals surface area contributed by atoms with Crippen LogP contribution in [0.15, 0.2) is 29.5 Å². The fourth-order valence-electron chi connectivity index (χ4n) is 3.95. The molecule has 0 radical (unpaired) electrons. The van der Waals surface area contributed by atoms with Gasteiger partial charge in [-0.25, -0.2) is 23.4 Å². The van der Waals surface area contributed by atoms with Gasteiger partial charge in [0.05, 0.1) is 17.0 Å². The smallest absolute Gasteiger partial charge is 0.295 e. The van der Waals surface area contributed by atoms with Crippen LogP contribution in [-0.4, -0.2) is 55.7 Å². The average Bonchev–Trinajstić information content (AvgIpc) is 3.55. The first-order valence-corrected chi connectivity index (χ1v) is 10.3. The molecule has 34 heavy (non-hydrogen) atoms. The molecule has 1 unspecified atom stereocenters. The number of benzene rings is 1. The Bertz CT molecular complexity index is 1530. The summed E-state index contributed by atoms with van der Waals surface area (Å²) in [6, 6.07) is 0.888. The molecule has 1 amide bonds. The maximum atomic E-state index is 15.0. The number of nitrogens with zero attached hydrogens (tertiary/aromatic N) is 6. The zero-order chi connectivity index (χ0) is 24.0. The SMILES string of the molecule is C=CC(=O)N1CCC(n2nc(C#Cc3c(F)cc4oc(NC)nc4c3F)c3c(N)ncnc32)C1. The summed E-state index contributed by atoms with van der Waals surface area (Å²) in [5.41, 5.74) is 5.97. The van der Waals surface area contributed by atoms with E-state index in [1.165, 1.54) is 12.4 Å². The molecule has 4 heterocycles. The van der Waals surface area contributed by atoms with E-state index in [1.54, 1.807) is 16.6 Å². The van der Waals surface area contributed by atoms with Gasteiger partial charge >= 0.3 is 0 Å². The van der Waals surface area contributed by atoms with E-state index in [4.69, 9.17) is 10.2 Å². The van der Waals surface area contributed by atoms with Crippen LogP contribution >= 0.6 is 0 Å². The predicted octanol–water partition coefficient (Wildman–Crippen LogP) is 2.23. The van der Waals surface area contributed by atoms with E-state index in [2.05, 4.69) is 43.8 Å². The molecule has 4 aromatic rings. The molecule has 0 saturated carbocycles. The number of hydrogen-bond donors (Lipinski definition) is 2. The van der Waals surface area contributed by atoms with Crippen molar-refractivity contribution in [2.45, 2.75) is 12.5 Å². The van der Waals surface area contributed by atoms with E-state index in [9.17, 15) is 13.6 Å². The molecule has 0 bridgehead atoms. The number of oxazole rings is 1. The third kappa shape index (κ3) is 3.38. The average molecular weight is 464 g/mol. The Labute approximate surface area is 191 Å². The number of carbonyl (C=O) groups is 1. The van der Waals surface area contributed by atoms with Gasteiger partial charge in [-0.15, -0.1) is 0 Å². The Kier molecular flexibility index (Phi) is 5.09. The zero-order valence-electron chi connectivity index (χ0n) is 18.0. The highest BCUT2D eigenvalue weighted by molar-refractivity contribution is 5.91. The van der Waals surface area contributed by atoms with Crippen LogP contribution in [0.4, 0.5) is 20.6 Å². The number of likely N-dealkylation sites (tertiary alicyclic amines) is 1. The van der Waals surface area contributed by atoms with Crippen LogP contribution in [0.5, 0.6) is 0 Å². The highest BCUT2D eigenvalue weighted by Crippen LogP contribution is 2.29. The molecule has 3 aromatic heterocycles. The molecule has 0 aliphatic carbocycles. The molecule has 1 aliphatic heterocycles. The van der Waals surface area contributed by atoms with Crippen molar-refractivity contribution < 1.29 is 18.0 Å². The lowest BCUT2D eigenvalue weighted by atomic mass is 10.1. The number of halogens is 2. The molecule has 5 rings (SSSR count). The van der Waals surface area contributed by atoms with Gasteiger partial charge in [-0.1, -0.05) is 12.5 Å². The van der Waals surface area contributed by atoms with Gasteiger partial charge in [-0.05, 0) is 18.4 Å². The summed E-state index contributed by atoms with van der Waals surface area (Å²) in [4.78, 5) is 25.9. The van der Waals surface area contributed by atoms with Crippen molar-refractivity contribution >= 4 is 39.9 Å². The topological polar surface area (TPSA) is 128 Å². The Balaban J connectivity index is 1.59. The van der Waals surface area contributed by atoms with Crippen LogP contribution in [0.2, 0.25) is 0 Å². The van der Waals surface area contributed by atoms with E-state index in [0.29, 0.717) is 30.5 Å². The third-order valence-corrected chi connectivity index (χ3v) is 5.61. The number of fused-ring (bicyclic) bond motifs is 2. The van der Waals surface area contributed by atoms with Gasteiger partial charge < -0.3 is 20.4 Å². The molecule has 0 spiro atoms. The second-order valence-electron chi connectivity index (χ2n) is 7.59. The van der Waals surface area contributed by atoms with Gasteiger partial charge in [0.2, 0.25) is 5.91 Å². The molecule has 1 aliphatic rings. The summed E-state index contributed by atoms with van der Waals surface area (Å²) in [6.45, 7) is 4.45. The van der Waals surface area contributed by atoms with Crippen LogP contribution < -0.4 is 11.1 Å². The van der Waals surface area contributed by atoms with Gasteiger partial charge in [0.1, 0.15) is 29.2 Å². The predicted molar refractivity (Wildman–Crippen MR) is 120 cm³/mol. The Hall–Kier alpha value is -4.53. The quantitative estimate of drug-likeness (QED) is 0.349. The van der Waals surface area contributed by atoms with Crippen LogP contribution in [0.3, 0.4) is 0 Å². The van der Waals surface area contributed by atoms with Crippen molar-refractivity contribution in [3.8, 4) is 11.8 Å². The minimum atomic E-state index is -0.949. The maximum Gasteiger partial charge on any atom is 0.295 e. The lowest BCUT2D eigenvalue weighted by Crippen LogP contribution is -2.27. The van der Waals surface area contributed by atoms with Crippen molar-refractivity contribution in [3.63, 3.8) is 0 Å². The summed E-state index contributed by atoms with van der Waals surface area (Å²) >= 11 is 0. The van der Waals surface area contributed by atoms with Crippen molar-refractivity contribution in [2.24, 2.45) is 0 Å². The Morgan fingerprint density at radius 1 is 1.38 bits per heavy atom. The second kappa shape index (κ2) is 8.11. The van der Waals surface area contributed by atoms with Crippen molar-refractivity contribution in [1.82, 2.24) is 29.6 Å². The standard InChI is InChI=1S/C22H18F2N8O2/c1-3-16(33)31-7-6-11(9-31)32-21-17(20(25)27-10-28-21)14(30-32)5-4-12-13(23)8-15-19(18(12)24)29-22(26-2)34-15/h3,8,10-11H,1,6-7,9H2,2H3,(H,26,29)(H2,25,27,28). The second-order valence-corrected chi connectivity index (χ2v) is 7.59. The fraction of sp³-hybridized carbons (Fsp3) is 0.227. The molecule has 1 saturated heterocycles. The third-order valence-electron chi connectivity index (χ3n) is 5.61. The summed E-state index contributed by atoms with van der Waals surface area (Å²) in [5, 5.41) is 7.52. The molecule has 1 aromatic carbocycles. The summed E-state index contributed by atoms with van der Waals surface area (Å²) in [6.07, 6.45) is 3.19. The number of nitrogens with two attached hydrogens (primary N) is 1. The first kappa shape index (κ1) is 21.3. The molecular formula is C22H18F2N8O2. The van der Waals surface area contributed by atoms with Crippen LogP contribution in [0.25, 0.3) is 22.1 Å². The number of aromatic nitrogens is 5. The summed E-state index contributed by atoms with van der Waals surface area (Å²) in [7, 11) is 1.55. The molecule has 10 nitrogen and oxygen atoms in total. The largest absolute Gasteiger partial charge is 0.423 e. The fourth-order valence-corrected chi connectivity index (χ4v) is 3.95. The molecule has 3 N–H and O–H groups in total. The van der Waals surface area contributed by atoms with Crippen LogP contribution in [0.1, 0.15) is 23.7 Å². The van der Waals surface area contributed by atoms with Crippen molar-refractivity contribution in [1.29, 1.82) is 0 Å². The van der Waals surface area contributed by atoms with Crippen molar-refractivity contribution in [3.05, 3.63) is 47.9 Å². The molecule has 1 fully saturated rings. The number of carbonyl (C=O) groups excluding carboxylic acids is 1. The zero-order valence-corrected chi connectivity index (χ0v) is 18.0. The molecule has 1 atom stereocenters. The number of hydrogen-bond acceptors (Lipinski definition) is 8. The maximum absolute atomic E-state index is 15.0. The number of anilines is 2. The minimum Gasteiger partial charge on any atom is -0.423 e. The van der Waals surface area contributed by atoms with E-state index in [1.807, 2.05) is 0 Å². The minimum absolute atomic E-state index is 0.0443. The van der Waals surface area contributed by atoms with Gasteiger partial charge in [0.15, 0.2) is 17.0 Å². The van der Waals surface area contributed by atoms with E-state index < -0.39 is 17.2 Å². The number of nitrogens with one attached hydrogen (secondary N) is 1. The molecule has 12 heteroatoms. The van der Waals surface area contributed by atoms with E-state index >= 15 is 0 Å². The number of nitrogen functional groups attached to an aromatic ring is 1. The van der Waals surface area contributed by atoms with Gasteiger partial charge in [0.25, 0.3) is 6.01 Å². The van der Waals surface area contributed by atoms with Gasteiger partial charge in [-0.3, -0.25) is 4.79 Å². The van der Waals surface area contributed by atoms with E-state index in [0.717, 1.165) is 6.07 Å². The lowest BCUT2D eigenvalue weighted by molar-refractivity contribution is -0.125. The van der Waals surface area contributed by atoms with Gasteiger partial charge in [-0.2, -0.15) is 10.1 Å². The monoisotopic (exact) mass is 464 g/mol. The van der Waals surface area contributed by atoms with Crippen LogP contribution in [-0.2, 0) is 4.79 Å². The first-order valence-electron chi connectivity index (χ1n) is 10.3. The van der Waals surface area contributed by atoms with E-state index in [-0.39, 0.29) is 40.6 Å². The summed E-state index contributed by atoms with van der Waals surface area (Å²) in [5.74, 6) is 3.32. The Morgan fingerprint density at radius 2 is 2.21 bits per heavy atom. The molecule has 172 valence electrons. The Morgan fingerprint density at radius 3 is 2.97 bits per heavy atom. The number of rotatable bonds is 3. The van der Waals surface area contributed by atoms with Crippen molar-refractivity contribution in [2.75, 3.05) is 31.2 Å². The first-order chi connectivity index (χ1) is 16.4. The van der Waals surface area contributed by atoms with Crippen LogP contribution in [0, 0.1) is 23.5 Å². The highest BCUT2D eigenvalue weighted by Gasteiger charge is 2.29. The number of amides is 1. The normalized spacial score (nSPS) is 15.5.